The van der Waals surface area contributed by atoms with Crippen molar-refractivity contribution in [2.24, 2.45) is 0 Å². The second kappa shape index (κ2) is 7.43. The molecule has 0 atom stereocenters. The van der Waals surface area contributed by atoms with Crippen molar-refractivity contribution in [1.82, 2.24) is 9.97 Å². The Bertz CT molecular complexity index is 762. The molecule has 0 saturated heterocycles. The van der Waals surface area contributed by atoms with Gasteiger partial charge in [0.15, 0.2) is 5.82 Å². The zero-order chi connectivity index (χ0) is 16.1. The van der Waals surface area contributed by atoms with Gasteiger partial charge in [-0.05, 0) is 42.1 Å². The maximum absolute atomic E-state index is 6.10. The number of aromatic nitrogens is 2. The second-order valence-corrected chi connectivity index (χ2v) is 6.70. The zero-order valence-electron chi connectivity index (χ0n) is 12.2. The summed E-state index contributed by atoms with van der Waals surface area (Å²) in [5.41, 5.74) is 6.51. The van der Waals surface area contributed by atoms with Crippen LogP contribution in [0.4, 0.5) is 11.5 Å². The Balaban J connectivity index is 1.66. The number of thiophene rings is 1. The summed E-state index contributed by atoms with van der Waals surface area (Å²) in [7, 11) is 0. The zero-order valence-corrected chi connectivity index (χ0v) is 14.6. The van der Waals surface area contributed by atoms with Gasteiger partial charge in [0.1, 0.15) is 17.8 Å². The molecule has 3 aromatic rings. The molecular weight excluding hydrogens is 376 g/mol. The number of hydrogen-bond donors (Lipinski definition) is 2. The van der Waals surface area contributed by atoms with E-state index in [4.69, 9.17) is 10.5 Å². The molecule has 23 heavy (non-hydrogen) atoms. The van der Waals surface area contributed by atoms with E-state index in [0.717, 1.165) is 17.4 Å². The monoisotopic (exact) mass is 390 g/mol. The van der Waals surface area contributed by atoms with E-state index in [1.54, 1.807) is 11.3 Å². The van der Waals surface area contributed by atoms with Gasteiger partial charge >= 0.3 is 0 Å². The lowest BCUT2D eigenvalue weighted by Crippen LogP contribution is -2.09. The highest BCUT2D eigenvalue weighted by Gasteiger charge is 2.10. The summed E-state index contributed by atoms with van der Waals surface area (Å²) in [6.07, 6.45) is 2.36. The second-order valence-electron chi connectivity index (χ2n) is 4.75. The Kier molecular flexibility index (Phi) is 5.09. The smallest absolute Gasteiger partial charge is 0.248 e. The number of ether oxygens (including phenoxy) is 1. The molecule has 0 saturated carbocycles. The molecule has 0 aliphatic carbocycles. The molecule has 5 nitrogen and oxygen atoms in total. The number of benzene rings is 1. The van der Waals surface area contributed by atoms with Crippen LogP contribution in [0.5, 0.6) is 11.6 Å². The Morgan fingerprint density at radius 1 is 1.17 bits per heavy atom. The molecule has 0 amide bonds. The Hall–Kier alpha value is -2.12. The van der Waals surface area contributed by atoms with Crippen molar-refractivity contribution in [2.45, 2.75) is 6.42 Å². The average molecular weight is 391 g/mol. The highest BCUT2D eigenvalue weighted by atomic mass is 79.9. The number of hydrogen-bond acceptors (Lipinski definition) is 6. The largest absolute Gasteiger partial charge is 0.437 e. The average Bonchev–Trinajstić information content (AvgIpc) is 3.06. The van der Waals surface area contributed by atoms with E-state index < -0.39 is 0 Å². The Morgan fingerprint density at radius 2 is 2.00 bits per heavy atom. The molecule has 0 aliphatic rings. The predicted octanol–water partition coefficient (Wildman–Crippen LogP) is 4.33. The lowest BCUT2D eigenvalue weighted by Gasteiger charge is -2.11. The van der Waals surface area contributed by atoms with Gasteiger partial charge in [-0.25, -0.2) is 4.98 Å². The molecule has 3 N–H and O–H groups in total. The molecule has 7 heteroatoms. The summed E-state index contributed by atoms with van der Waals surface area (Å²) < 4.78 is 6.70. The topological polar surface area (TPSA) is 73.1 Å². The van der Waals surface area contributed by atoms with Gasteiger partial charge < -0.3 is 15.8 Å². The summed E-state index contributed by atoms with van der Waals surface area (Å²) in [6, 6.07) is 11.6. The SMILES string of the molecule is Nc1c(NCCc2cccs2)ncnc1Oc1ccc(Br)cc1. The number of nitrogens with one attached hydrogen (secondary N) is 1. The first-order valence-corrected chi connectivity index (χ1v) is 8.70. The van der Waals surface area contributed by atoms with Gasteiger partial charge in [-0.3, -0.25) is 0 Å². The molecule has 0 fully saturated rings. The van der Waals surface area contributed by atoms with Crippen LogP contribution in [0.15, 0.2) is 52.6 Å². The third kappa shape index (κ3) is 4.20. The fourth-order valence-electron chi connectivity index (χ4n) is 1.97. The van der Waals surface area contributed by atoms with E-state index in [9.17, 15) is 0 Å². The highest BCUT2D eigenvalue weighted by Crippen LogP contribution is 2.29. The van der Waals surface area contributed by atoms with E-state index in [1.165, 1.54) is 11.2 Å². The molecule has 1 aromatic carbocycles. The number of anilines is 2. The van der Waals surface area contributed by atoms with E-state index in [-0.39, 0.29) is 0 Å². The molecule has 0 bridgehead atoms. The lowest BCUT2D eigenvalue weighted by molar-refractivity contribution is 0.464. The molecule has 2 aromatic heterocycles. The van der Waals surface area contributed by atoms with Crippen LogP contribution in [0.3, 0.4) is 0 Å². The normalized spacial score (nSPS) is 10.5. The van der Waals surface area contributed by atoms with Crippen molar-refractivity contribution in [3.05, 3.63) is 57.5 Å². The van der Waals surface area contributed by atoms with Crippen molar-refractivity contribution in [3.63, 3.8) is 0 Å². The fourth-order valence-corrected chi connectivity index (χ4v) is 2.95. The van der Waals surface area contributed by atoms with Crippen molar-refractivity contribution >= 4 is 38.8 Å². The quantitative estimate of drug-likeness (QED) is 0.655. The molecule has 0 radical (unpaired) electrons. The van der Waals surface area contributed by atoms with Crippen LogP contribution in [-0.4, -0.2) is 16.5 Å². The molecular formula is C16H15BrN4OS. The van der Waals surface area contributed by atoms with Crippen LogP contribution in [-0.2, 0) is 6.42 Å². The molecule has 3 rings (SSSR count). The van der Waals surface area contributed by atoms with Crippen LogP contribution >= 0.6 is 27.3 Å². The third-order valence-electron chi connectivity index (χ3n) is 3.12. The first-order chi connectivity index (χ1) is 11.2. The summed E-state index contributed by atoms with van der Waals surface area (Å²) in [5, 5.41) is 5.30. The molecule has 0 aliphatic heterocycles. The Labute approximate surface area is 146 Å². The van der Waals surface area contributed by atoms with Crippen LogP contribution in [0.1, 0.15) is 4.88 Å². The predicted molar refractivity (Wildman–Crippen MR) is 97.2 cm³/mol. The van der Waals surface area contributed by atoms with E-state index in [2.05, 4.69) is 42.7 Å². The minimum atomic E-state index is 0.348. The molecule has 118 valence electrons. The van der Waals surface area contributed by atoms with Crippen molar-refractivity contribution < 1.29 is 4.74 Å². The first-order valence-electron chi connectivity index (χ1n) is 7.02. The van der Waals surface area contributed by atoms with E-state index in [0.29, 0.717) is 23.1 Å². The first kappa shape index (κ1) is 15.8. The Morgan fingerprint density at radius 3 is 2.74 bits per heavy atom. The fraction of sp³-hybridized carbons (Fsp3) is 0.125. The minimum Gasteiger partial charge on any atom is -0.437 e. The number of halogens is 1. The van der Waals surface area contributed by atoms with Gasteiger partial charge in [0.25, 0.3) is 0 Å². The van der Waals surface area contributed by atoms with Gasteiger partial charge in [-0.2, -0.15) is 4.98 Å². The van der Waals surface area contributed by atoms with Crippen molar-refractivity contribution in [3.8, 4) is 11.6 Å². The number of nitrogens with two attached hydrogens (primary N) is 1. The highest BCUT2D eigenvalue weighted by molar-refractivity contribution is 9.10. The van der Waals surface area contributed by atoms with Gasteiger partial charge in [0.05, 0.1) is 0 Å². The number of nitrogen functional groups attached to an aromatic ring is 1. The van der Waals surface area contributed by atoms with Crippen molar-refractivity contribution in [2.75, 3.05) is 17.6 Å². The van der Waals surface area contributed by atoms with Crippen LogP contribution in [0.25, 0.3) is 0 Å². The maximum Gasteiger partial charge on any atom is 0.248 e. The summed E-state index contributed by atoms with van der Waals surface area (Å²) in [6.45, 7) is 0.749. The van der Waals surface area contributed by atoms with Crippen LogP contribution in [0, 0.1) is 0 Å². The van der Waals surface area contributed by atoms with E-state index >= 15 is 0 Å². The van der Waals surface area contributed by atoms with Crippen molar-refractivity contribution in [1.29, 1.82) is 0 Å². The summed E-state index contributed by atoms with van der Waals surface area (Å²) in [5.74, 6) is 1.60. The lowest BCUT2D eigenvalue weighted by atomic mass is 10.3. The minimum absolute atomic E-state index is 0.348. The van der Waals surface area contributed by atoms with Gasteiger partial charge in [0, 0.05) is 15.9 Å². The molecule has 0 unspecified atom stereocenters. The number of nitrogens with zero attached hydrogens (tertiary/aromatic N) is 2. The van der Waals surface area contributed by atoms with E-state index in [1.807, 2.05) is 30.3 Å². The van der Waals surface area contributed by atoms with Crippen LogP contribution in [0.2, 0.25) is 0 Å². The maximum atomic E-state index is 6.10. The van der Waals surface area contributed by atoms with Gasteiger partial charge in [-0.1, -0.05) is 22.0 Å². The number of rotatable bonds is 6. The standard InChI is InChI=1S/C16H15BrN4OS/c17-11-3-5-12(6-4-11)22-16-14(18)15(20-10-21-16)19-8-7-13-2-1-9-23-13/h1-6,9-10H,7-8,18H2,(H,19,20,21). The van der Waals surface area contributed by atoms with Gasteiger partial charge in [-0.15, -0.1) is 11.3 Å². The van der Waals surface area contributed by atoms with Gasteiger partial charge in [0.2, 0.25) is 5.88 Å². The summed E-state index contributed by atoms with van der Waals surface area (Å²) in [4.78, 5) is 9.60. The van der Waals surface area contributed by atoms with Crippen LogP contribution < -0.4 is 15.8 Å². The summed E-state index contributed by atoms with van der Waals surface area (Å²) >= 11 is 5.12. The molecule has 2 heterocycles. The molecule has 0 spiro atoms. The third-order valence-corrected chi connectivity index (χ3v) is 4.58.